The second-order valence-electron chi connectivity index (χ2n) is 2.91. The fourth-order valence-electron chi connectivity index (χ4n) is 1.28. The Labute approximate surface area is 59.6 Å². The first kappa shape index (κ1) is 7.92. The van der Waals surface area contributed by atoms with Crippen LogP contribution in [0.15, 0.2) is 0 Å². The lowest BCUT2D eigenvalue weighted by Crippen LogP contribution is -2.17. The Morgan fingerprint density at radius 3 is 2.30 bits per heavy atom. The van der Waals surface area contributed by atoms with E-state index in [2.05, 4.69) is 0 Å². The SMILES string of the molecule is NCCC(C(F)F)C1CC1. The van der Waals surface area contributed by atoms with E-state index in [1.54, 1.807) is 0 Å². The molecule has 1 nitrogen and oxygen atoms in total. The minimum atomic E-state index is -2.16. The summed E-state index contributed by atoms with van der Waals surface area (Å²) >= 11 is 0. The van der Waals surface area contributed by atoms with Crippen LogP contribution in [0.1, 0.15) is 19.3 Å². The van der Waals surface area contributed by atoms with Crippen molar-refractivity contribution in [1.29, 1.82) is 0 Å². The van der Waals surface area contributed by atoms with Crippen LogP contribution < -0.4 is 5.73 Å². The average molecular weight is 149 g/mol. The third-order valence-electron chi connectivity index (χ3n) is 2.05. The summed E-state index contributed by atoms with van der Waals surface area (Å²) in [7, 11) is 0. The van der Waals surface area contributed by atoms with Gasteiger partial charge < -0.3 is 5.73 Å². The highest BCUT2D eigenvalue weighted by Gasteiger charge is 2.36. The fraction of sp³-hybridized carbons (Fsp3) is 1.00. The number of hydrogen-bond acceptors (Lipinski definition) is 1. The van der Waals surface area contributed by atoms with Gasteiger partial charge in [-0.05, 0) is 31.7 Å². The molecule has 0 aromatic rings. The van der Waals surface area contributed by atoms with Crippen molar-refractivity contribution in [2.24, 2.45) is 17.6 Å². The number of nitrogens with two attached hydrogens (primary N) is 1. The summed E-state index contributed by atoms with van der Waals surface area (Å²) in [6.07, 6.45) is 0.294. The van der Waals surface area contributed by atoms with Gasteiger partial charge in [-0.25, -0.2) is 8.78 Å². The van der Waals surface area contributed by atoms with Crippen molar-refractivity contribution < 1.29 is 8.78 Å². The second-order valence-corrected chi connectivity index (χ2v) is 2.91. The van der Waals surface area contributed by atoms with E-state index >= 15 is 0 Å². The van der Waals surface area contributed by atoms with Crippen molar-refractivity contribution >= 4 is 0 Å². The van der Waals surface area contributed by atoms with E-state index in [1.165, 1.54) is 0 Å². The largest absolute Gasteiger partial charge is 0.330 e. The summed E-state index contributed by atoms with van der Waals surface area (Å²) in [6, 6.07) is 0. The maximum absolute atomic E-state index is 12.1. The molecule has 0 radical (unpaired) electrons. The Morgan fingerprint density at radius 2 is 2.00 bits per heavy atom. The molecular formula is C7H13F2N. The Hall–Kier alpha value is -0.180. The van der Waals surface area contributed by atoms with Gasteiger partial charge in [0.05, 0.1) is 0 Å². The molecule has 60 valence electrons. The van der Waals surface area contributed by atoms with Gasteiger partial charge in [0.25, 0.3) is 0 Å². The molecule has 1 fully saturated rings. The Morgan fingerprint density at radius 1 is 1.40 bits per heavy atom. The minimum absolute atomic E-state index is 0.281. The van der Waals surface area contributed by atoms with Gasteiger partial charge in [0, 0.05) is 5.92 Å². The van der Waals surface area contributed by atoms with Crippen LogP contribution in [-0.2, 0) is 0 Å². The molecule has 0 bridgehead atoms. The van der Waals surface area contributed by atoms with E-state index < -0.39 is 12.3 Å². The smallest absolute Gasteiger partial charge is 0.241 e. The molecular weight excluding hydrogens is 136 g/mol. The van der Waals surface area contributed by atoms with Gasteiger partial charge >= 0.3 is 0 Å². The zero-order valence-electron chi connectivity index (χ0n) is 5.89. The second kappa shape index (κ2) is 3.28. The maximum Gasteiger partial charge on any atom is 0.241 e. The minimum Gasteiger partial charge on any atom is -0.330 e. The first-order valence-electron chi connectivity index (χ1n) is 3.74. The monoisotopic (exact) mass is 149 g/mol. The molecule has 1 unspecified atom stereocenters. The number of hydrogen-bond donors (Lipinski definition) is 1. The number of rotatable bonds is 4. The molecule has 0 aliphatic heterocycles. The Kier molecular flexibility index (Phi) is 2.60. The average Bonchev–Trinajstić information content (AvgIpc) is 2.63. The van der Waals surface area contributed by atoms with Crippen LogP contribution in [0.5, 0.6) is 0 Å². The lowest BCUT2D eigenvalue weighted by atomic mass is 10.0. The van der Waals surface area contributed by atoms with E-state index in [4.69, 9.17) is 5.73 Å². The van der Waals surface area contributed by atoms with Gasteiger partial charge in [0.2, 0.25) is 6.43 Å². The molecule has 10 heavy (non-hydrogen) atoms. The molecule has 2 N–H and O–H groups in total. The fourth-order valence-corrected chi connectivity index (χ4v) is 1.28. The highest BCUT2D eigenvalue weighted by molar-refractivity contribution is 4.82. The van der Waals surface area contributed by atoms with E-state index in [9.17, 15) is 8.78 Å². The van der Waals surface area contributed by atoms with Gasteiger partial charge in [-0.2, -0.15) is 0 Å². The van der Waals surface area contributed by atoms with E-state index in [1.807, 2.05) is 0 Å². The first-order valence-corrected chi connectivity index (χ1v) is 3.74. The predicted octanol–water partition coefficient (Wildman–Crippen LogP) is 1.63. The number of alkyl halides is 2. The summed E-state index contributed by atoms with van der Waals surface area (Å²) < 4.78 is 24.2. The number of halogens is 2. The molecule has 0 aromatic heterocycles. The Balaban J connectivity index is 2.26. The molecule has 0 heterocycles. The molecule has 1 aliphatic carbocycles. The molecule has 1 aliphatic rings. The van der Waals surface area contributed by atoms with Crippen molar-refractivity contribution in [1.82, 2.24) is 0 Å². The maximum atomic E-state index is 12.1. The van der Waals surface area contributed by atoms with Gasteiger partial charge in [-0.3, -0.25) is 0 Å². The highest BCUT2D eigenvalue weighted by atomic mass is 19.3. The zero-order chi connectivity index (χ0) is 7.56. The van der Waals surface area contributed by atoms with Crippen LogP contribution >= 0.6 is 0 Å². The summed E-state index contributed by atoms with van der Waals surface area (Å²) in [5.74, 6) is -0.131. The summed E-state index contributed by atoms with van der Waals surface area (Å²) in [5.41, 5.74) is 5.20. The topological polar surface area (TPSA) is 26.0 Å². The van der Waals surface area contributed by atoms with E-state index in [0.717, 1.165) is 12.8 Å². The molecule has 0 saturated heterocycles. The van der Waals surface area contributed by atoms with E-state index in [-0.39, 0.29) is 5.92 Å². The molecule has 0 spiro atoms. The predicted molar refractivity (Wildman–Crippen MR) is 35.9 cm³/mol. The van der Waals surface area contributed by atoms with Crippen molar-refractivity contribution in [3.8, 4) is 0 Å². The molecule has 1 saturated carbocycles. The normalized spacial score (nSPS) is 21.6. The quantitative estimate of drug-likeness (QED) is 0.645. The summed E-state index contributed by atoms with van der Waals surface area (Å²) in [5, 5.41) is 0. The molecule has 1 atom stereocenters. The van der Waals surface area contributed by atoms with Gasteiger partial charge in [-0.15, -0.1) is 0 Å². The molecule has 1 rings (SSSR count). The third kappa shape index (κ3) is 1.90. The van der Waals surface area contributed by atoms with Crippen molar-refractivity contribution in [2.75, 3.05) is 6.54 Å². The van der Waals surface area contributed by atoms with Crippen molar-refractivity contribution in [2.45, 2.75) is 25.7 Å². The molecule has 3 heteroatoms. The third-order valence-corrected chi connectivity index (χ3v) is 2.05. The standard InChI is InChI=1S/C7H13F2N/c8-7(9)6(3-4-10)5-1-2-5/h5-7H,1-4,10H2. The highest BCUT2D eigenvalue weighted by Crippen LogP contribution is 2.41. The van der Waals surface area contributed by atoms with Crippen LogP contribution in [0.4, 0.5) is 8.78 Å². The summed E-state index contributed by atoms with van der Waals surface area (Å²) in [6.45, 7) is 0.394. The molecule has 0 aromatic carbocycles. The van der Waals surface area contributed by atoms with E-state index in [0.29, 0.717) is 13.0 Å². The lowest BCUT2D eigenvalue weighted by molar-refractivity contribution is 0.0616. The van der Waals surface area contributed by atoms with Crippen LogP contribution in [0, 0.1) is 11.8 Å². The van der Waals surface area contributed by atoms with Crippen LogP contribution in [-0.4, -0.2) is 13.0 Å². The van der Waals surface area contributed by atoms with Crippen LogP contribution in [0.2, 0.25) is 0 Å². The molecule has 0 amide bonds. The summed E-state index contributed by atoms with van der Waals surface area (Å²) in [4.78, 5) is 0. The van der Waals surface area contributed by atoms with Crippen molar-refractivity contribution in [3.63, 3.8) is 0 Å². The van der Waals surface area contributed by atoms with Gasteiger partial charge in [-0.1, -0.05) is 0 Å². The van der Waals surface area contributed by atoms with Gasteiger partial charge in [0.1, 0.15) is 0 Å². The van der Waals surface area contributed by atoms with Crippen LogP contribution in [0.25, 0.3) is 0 Å². The van der Waals surface area contributed by atoms with Crippen molar-refractivity contribution in [3.05, 3.63) is 0 Å². The Bertz CT molecular complexity index is 99.8. The zero-order valence-corrected chi connectivity index (χ0v) is 5.89. The van der Waals surface area contributed by atoms with Gasteiger partial charge in [0.15, 0.2) is 0 Å². The lowest BCUT2D eigenvalue weighted by Gasteiger charge is -2.12. The van der Waals surface area contributed by atoms with Crippen LogP contribution in [0.3, 0.4) is 0 Å². The first-order chi connectivity index (χ1) is 4.75.